The summed E-state index contributed by atoms with van der Waals surface area (Å²) in [5.74, 6) is -0.0566. The minimum absolute atomic E-state index is 0.120. The van der Waals surface area contributed by atoms with Gasteiger partial charge in [-0.2, -0.15) is 0 Å². The summed E-state index contributed by atoms with van der Waals surface area (Å²) in [5, 5.41) is 11.8. The first-order valence-electron chi connectivity index (χ1n) is 8.61. The average molecular weight is 415 g/mol. The second-order valence-electron chi connectivity index (χ2n) is 6.36. The Balaban J connectivity index is 1.58. The molecule has 0 fully saturated rings. The monoisotopic (exact) mass is 414 g/mol. The van der Waals surface area contributed by atoms with E-state index < -0.39 is 0 Å². The van der Waals surface area contributed by atoms with Gasteiger partial charge in [0.2, 0.25) is 5.91 Å². The summed E-state index contributed by atoms with van der Waals surface area (Å²) in [6.45, 7) is 3.94. The molecule has 1 aromatic heterocycles. The van der Waals surface area contributed by atoms with Crippen LogP contribution in [0.5, 0.6) is 0 Å². The third kappa shape index (κ3) is 5.43. The SMILES string of the molecule is Cc1ccc(NC(=O)CSc2nnc(Cc3ccc(Cl)cc3)c(=O)[nH]2)c(C)c1. The van der Waals surface area contributed by atoms with Crippen molar-refractivity contribution in [1.82, 2.24) is 15.2 Å². The topological polar surface area (TPSA) is 87.7 Å². The molecule has 0 spiro atoms. The van der Waals surface area contributed by atoms with Crippen molar-refractivity contribution >= 4 is 35.0 Å². The highest BCUT2D eigenvalue weighted by atomic mass is 35.5. The average Bonchev–Trinajstić information content (AvgIpc) is 2.66. The lowest BCUT2D eigenvalue weighted by atomic mass is 10.1. The van der Waals surface area contributed by atoms with Crippen LogP contribution in [0.15, 0.2) is 52.4 Å². The molecule has 3 rings (SSSR count). The van der Waals surface area contributed by atoms with Gasteiger partial charge in [0.25, 0.3) is 5.56 Å². The predicted octanol–water partition coefficient (Wildman–Crippen LogP) is 3.76. The summed E-state index contributed by atoms with van der Waals surface area (Å²) in [6, 6.07) is 13.0. The number of hydrogen-bond acceptors (Lipinski definition) is 5. The maximum atomic E-state index is 12.2. The minimum atomic E-state index is -0.317. The molecule has 0 unspecified atom stereocenters. The summed E-state index contributed by atoms with van der Waals surface area (Å²) in [5.41, 5.74) is 3.81. The molecule has 0 aliphatic heterocycles. The van der Waals surface area contributed by atoms with Crippen molar-refractivity contribution in [2.75, 3.05) is 11.1 Å². The Kier molecular flexibility index (Phi) is 6.49. The number of thioether (sulfide) groups is 1. The molecule has 28 heavy (non-hydrogen) atoms. The first-order valence-corrected chi connectivity index (χ1v) is 9.97. The van der Waals surface area contributed by atoms with Gasteiger partial charge < -0.3 is 5.32 Å². The first kappa shape index (κ1) is 20.1. The molecular weight excluding hydrogens is 396 g/mol. The van der Waals surface area contributed by atoms with Crippen LogP contribution in [0.25, 0.3) is 0 Å². The van der Waals surface area contributed by atoms with Crippen LogP contribution >= 0.6 is 23.4 Å². The molecule has 8 heteroatoms. The normalized spacial score (nSPS) is 10.7. The smallest absolute Gasteiger partial charge is 0.273 e. The Bertz CT molecular complexity index is 1050. The predicted molar refractivity (Wildman–Crippen MR) is 112 cm³/mol. The quantitative estimate of drug-likeness (QED) is 0.599. The number of aromatic amines is 1. The lowest BCUT2D eigenvalue weighted by Crippen LogP contribution is -2.19. The van der Waals surface area contributed by atoms with Gasteiger partial charge in [-0.1, -0.05) is 53.2 Å². The number of aryl methyl sites for hydroxylation is 2. The molecule has 0 atom stereocenters. The zero-order valence-electron chi connectivity index (χ0n) is 15.5. The molecule has 1 amide bonds. The fraction of sp³-hybridized carbons (Fsp3) is 0.200. The van der Waals surface area contributed by atoms with E-state index in [1.165, 1.54) is 0 Å². The molecule has 1 heterocycles. The van der Waals surface area contributed by atoms with E-state index in [1.807, 2.05) is 44.2 Å². The van der Waals surface area contributed by atoms with Gasteiger partial charge in [-0.25, -0.2) is 0 Å². The highest BCUT2D eigenvalue weighted by Crippen LogP contribution is 2.17. The maximum Gasteiger partial charge on any atom is 0.273 e. The second kappa shape index (κ2) is 9.03. The van der Waals surface area contributed by atoms with Gasteiger partial charge >= 0.3 is 0 Å². The zero-order chi connectivity index (χ0) is 20.1. The third-order valence-electron chi connectivity index (χ3n) is 4.02. The molecule has 144 valence electrons. The van der Waals surface area contributed by atoms with Crippen molar-refractivity contribution in [3.05, 3.63) is 80.2 Å². The summed E-state index contributed by atoms with van der Waals surface area (Å²) in [6.07, 6.45) is 0.359. The van der Waals surface area contributed by atoms with Crippen molar-refractivity contribution in [3.8, 4) is 0 Å². The van der Waals surface area contributed by atoms with E-state index in [2.05, 4.69) is 20.5 Å². The van der Waals surface area contributed by atoms with Crippen LogP contribution < -0.4 is 10.9 Å². The van der Waals surface area contributed by atoms with Crippen LogP contribution in [0.1, 0.15) is 22.4 Å². The molecule has 2 aromatic carbocycles. The highest BCUT2D eigenvalue weighted by Gasteiger charge is 2.10. The molecule has 0 aliphatic carbocycles. The molecule has 2 N–H and O–H groups in total. The van der Waals surface area contributed by atoms with Gasteiger partial charge in [-0.15, -0.1) is 10.2 Å². The fourth-order valence-corrected chi connectivity index (χ4v) is 3.33. The molecule has 0 saturated carbocycles. The van der Waals surface area contributed by atoms with Crippen LogP contribution in [0.3, 0.4) is 0 Å². The maximum absolute atomic E-state index is 12.2. The standard InChI is InChI=1S/C20H19ClN4O2S/c1-12-3-8-16(13(2)9-12)22-18(26)11-28-20-23-19(27)17(24-25-20)10-14-4-6-15(21)7-5-14/h3-9H,10-11H2,1-2H3,(H,22,26)(H,23,25,27). The summed E-state index contributed by atoms with van der Waals surface area (Å²) in [7, 11) is 0. The van der Waals surface area contributed by atoms with Crippen molar-refractivity contribution in [3.63, 3.8) is 0 Å². The van der Waals surface area contributed by atoms with Crippen molar-refractivity contribution in [1.29, 1.82) is 0 Å². The molecule has 6 nitrogen and oxygen atoms in total. The summed E-state index contributed by atoms with van der Waals surface area (Å²) >= 11 is 6.99. The Morgan fingerprint density at radius 1 is 1.14 bits per heavy atom. The molecular formula is C20H19ClN4O2S. The van der Waals surface area contributed by atoms with Gasteiger partial charge in [0.1, 0.15) is 5.69 Å². The lowest BCUT2D eigenvalue weighted by Gasteiger charge is -2.08. The highest BCUT2D eigenvalue weighted by molar-refractivity contribution is 7.99. The van der Waals surface area contributed by atoms with Crippen molar-refractivity contribution in [2.45, 2.75) is 25.4 Å². The fourth-order valence-electron chi connectivity index (χ4n) is 2.60. The number of aromatic nitrogens is 3. The van der Waals surface area contributed by atoms with Crippen LogP contribution in [0, 0.1) is 13.8 Å². The first-order chi connectivity index (χ1) is 13.4. The van der Waals surface area contributed by atoms with Gasteiger partial charge in [0.15, 0.2) is 5.16 Å². The Morgan fingerprint density at radius 3 is 2.57 bits per heavy atom. The van der Waals surface area contributed by atoms with Crippen LogP contribution in [0.2, 0.25) is 5.02 Å². The molecule has 0 bridgehead atoms. The van der Waals surface area contributed by atoms with E-state index in [0.29, 0.717) is 22.3 Å². The molecule has 0 saturated heterocycles. The van der Waals surface area contributed by atoms with E-state index in [1.54, 1.807) is 12.1 Å². The second-order valence-corrected chi connectivity index (χ2v) is 7.76. The summed E-state index contributed by atoms with van der Waals surface area (Å²) < 4.78 is 0. The van der Waals surface area contributed by atoms with Gasteiger partial charge in [-0.3, -0.25) is 14.6 Å². The van der Waals surface area contributed by atoms with E-state index in [0.717, 1.165) is 34.1 Å². The minimum Gasteiger partial charge on any atom is -0.325 e. The van der Waals surface area contributed by atoms with E-state index in [9.17, 15) is 9.59 Å². The van der Waals surface area contributed by atoms with Gasteiger partial charge in [0, 0.05) is 17.1 Å². The zero-order valence-corrected chi connectivity index (χ0v) is 17.0. The molecule has 0 radical (unpaired) electrons. The van der Waals surface area contributed by atoms with Gasteiger partial charge in [-0.05, 0) is 43.2 Å². The molecule has 0 aliphatic rings. The Morgan fingerprint density at radius 2 is 1.89 bits per heavy atom. The number of nitrogens with one attached hydrogen (secondary N) is 2. The van der Waals surface area contributed by atoms with Crippen LogP contribution in [-0.2, 0) is 11.2 Å². The number of amides is 1. The number of nitrogens with zero attached hydrogens (tertiary/aromatic N) is 2. The lowest BCUT2D eigenvalue weighted by molar-refractivity contribution is -0.113. The number of hydrogen-bond donors (Lipinski definition) is 2. The molecule has 3 aromatic rings. The Labute approximate surface area is 171 Å². The number of rotatable bonds is 6. The Hall–Kier alpha value is -2.64. The third-order valence-corrected chi connectivity index (χ3v) is 5.14. The number of anilines is 1. The largest absolute Gasteiger partial charge is 0.325 e. The van der Waals surface area contributed by atoms with Crippen molar-refractivity contribution < 1.29 is 4.79 Å². The van der Waals surface area contributed by atoms with E-state index >= 15 is 0 Å². The van der Waals surface area contributed by atoms with Crippen molar-refractivity contribution in [2.24, 2.45) is 0 Å². The van der Waals surface area contributed by atoms with Crippen LogP contribution in [-0.4, -0.2) is 26.8 Å². The van der Waals surface area contributed by atoms with Crippen LogP contribution in [0.4, 0.5) is 5.69 Å². The van der Waals surface area contributed by atoms with Gasteiger partial charge in [0.05, 0.1) is 5.75 Å². The number of H-pyrrole nitrogens is 1. The summed E-state index contributed by atoms with van der Waals surface area (Å²) in [4.78, 5) is 27.1. The number of halogens is 1. The van der Waals surface area contributed by atoms with E-state index in [-0.39, 0.29) is 17.2 Å². The number of carbonyl (C=O) groups excluding carboxylic acids is 1. The number of benzene rings is 2. The van der Waals surface area contributed by atoms with E-state index in [4.69, 9.17) is 11.6 Å². The number of carbonyl (C=O) groups is 1.